The summed E-state index contributed by atoms with van der Waals surface area (Å²) in [6.07, 6.45) is 5.12. The largest absolute Gasteiger partial charge is 0.333 e. The van der Waals surface area contributed by atoms with Gasteiger partial charge in [-0.25, -0.2) is 0 Å². The van der Waals surface area contributed by atoms with Crippen molar-refractivity contribution in [3.63, 3.8) is 0 Å². The highest BCUT2D eigenvalue weighted by atomic mass is 14.8. The molecule has 2 unspecified atom stereocenters. The minimum absolute atomic E-state index is 0.697. The summed E-state index contributed by atoms with van der Waals surface area (Å²) >= 11 is 0. The number of nitrogens with two attached hydrogens (primary N) is 1. The highest BCUT2D eigenvalue weighted by Gasteiger charge is 2.26. The monoisotopic (exact) mass is 218 g/mol. The molecule has 16 heavy (non-hydrogen) atoms. The van der Waals surface area contributed by atoms with Gasteiger partial charge in [0.15, 0.2) is 0 Å². The Balaban J connectivity index is 0.000000457. The van der Waals surface area contributed by atoms with E-state index >= 15 is 0 Å². The van der Waals surface area contributed by atoms with E-state index in [0.29, 0.717) is 11.8 Å². The standard InChI is InChI=1S/C13H17N.CH5N/c1-8-3-5-10-7-11-6-4-9(2)13(11)14-12(8)10;1-2/h7-9H,3-6H2,1-2H3;2H2,1H3. The molecule has 0 aromatic carbocycles. The van der Waals surface area contributed by atoms with Crippen LogP contribution in [-0.4, -0.2) is 12.0 Å². The lowest BCUT2D eigenvalue weighted by Crippen LogP contribution is -1.99. The van der Waals surface area contributed by atoms with Crippen molar-refractivity contribution in [2.45, 2.75) is 51.4 Å². The third-order valence-electron chi connectivity index (χ3n) is 3.87. The van der Waals surface area contributed by atoms with Crippen molar-refractivity contribution in [2.24, 2.45) is 5.73 Å². The average Bonchev–Trinajstić information content (AvgIpc) is 2.86. The molecule has 0 amide bonds. The van der Waals surface area contributed by atoms with E-state index in [1.807, 2.05) is 0 Å². The summed E-state index contributed by atoms with van der Waals surface area (Å²) in [4.78, 5) is 4.90. The van der Waals surface area contributed by atoms with Crippen LogP contribution in [0.1, 0.15) is 61.0 Å². The van der Waals surface area contributed by atoms with E-state index in [9.17, 15) is 0 Å². The first-order valence-corrected chi connectivity index (χ1v) is 6.36. The molecule has 0 spiro atoms. The van der Waals surface area contributed by atoms with Crippen molar-refractivity contribution in [2.75, 3.05) is 7.05 Å². The first-order valence-electron chi connectivity index (χ1n) is 6.36. The molecule has 2 nitrogen and oxygen atoms in total. The Morgan fingerprint density at radius 2 is 1.44 bits per heavy atom. The van der Waals surface area contributed by atoms with E-state index in [0.717, 1.165) is 0 Å². The summed E-state index contributed by atoms with van der Waals surface area (Å²) in [6.45, 7) is 4.62. The fraction of sp³-hybridized carbons (Fsp3) is 0.643. The van der Waals surface area contributed by atoms with Gasteiger partial charge in [-0.1, -0.05) is 19.9 Å². The molecule has 1 aromatic rings. The third-order valence-corrected chi connectivity index (χ3v) is 3.87. The second-order valence-corrected chi connectivity index (χ2v) is 4.96. The normalized spacial score (nSPS) is 25.8. The van der Waals surface area contributed by atoms with Gasteiger partial charge in [0.05, 0.1) is 0 Å². The molecule has 0 saturated heterocycles. The molecule has 2 atom stereocenters. The van der Waals surface area contributed by atoms with E-state index < -0.39 is 0 Å². The number of hydrogen-bond donors (Lipinski definition) is 1. The Morgan fingerprint density at radius 3 is 1.88 bits per heavy atom. The SMILES string of the molecule is CC1CCc2cc3c(nc21)C(C)CC3.CN. The lowest BCUT2D eigenvalue weighted by Gasteiger charge is -2.09. The molecule has 0 saturated carbocycles. The van der Waals surface area contributed by atoms with Crippen LogP contribution < -0.4 is 5.73 Å². The fourth-order valence-corrected chi connectivity index (χ4v) is 2.90. The van der Waals surface area contributed by atoms with Crippen molar-refractivity contribution in [1.82, 2.24) is 4.98 Å². The number of hydrogen-bond acceptors (Lipinski definition) is 2. The van der Waals surface area contributed by atoms with Crippen LogP contribution in [0.15, 0.2) is 6.07 Å². The van der Waals surface area contributed by atoms with Gasteiger partial charge in [-0.3, -0.25) is 4.98 Å². The van der Waals surface area contributed by atoms with Gasteiger partial charge in [0.25, 0.3) is 0 Å². The molecule has 88 valence electrons. The van der Waals surface area contributed by atoms with Crippen molar-refractivity contribution in [3.8, 4) is 0 Å². The summed E-state index contributed by atoms with van der Waals surface area (Å²) in [5.41, 5.74) is 10.4. The number of aromatic nitrogens is 1. The summed E-state index contributed by atoms with van der Waals surface area (Å²) in [7, 11) is 1.50. The molecular formula is C14H22N2. The molecular weight excluding hydrogens is 196 g/mol. The average molecular weight is 218 g/mol. The molecule has 3 rings (SSSR count). The Bertz CT molecular complexity index is 351. The minimum Gasteiger partial charge on any atom is -0.333 e. The van der Waals surface area contributed by atoms with Gasteiger partial charge < -0.3 is 5.73 Å². The van der Waals surface area contributed by atoms with E-state index in [4.69, 9.17) is 4.98 Å². The molecule has 2 heteroatoms. The molecule has 2 N–H and O–H groups in total. The number of aryl methyl sites for hydroxylation is 2. The van der Waals surface area contributed by atoms with Crippen LogP contribution in [0.5, 0.6) is 0 Å². The number of rotatable bonds is 0. The number of fused-ring (bicyclic) bond motifs is 2. The van der Waals surface area contributed by atoms with Gasteiger partial charge in [0.1, 0.15) is 0 Å². The van der Waals surface area contributed by atoms with Crippen LogP contribution in [0.4, 0.5) is 0 Å². The maximum atomic E-state index is 4.90. The Labute approximate surface area is 98.3 Å². The molecule has 0 fully saturated rings. The molecule has 0 aliphatic heterocycles. The van der Waals surface area contributed by atoms with Crippen molar-refractivity contribution in [1.29, 1.82) is 0 Å². The Kier molecular flexibility index (Phi) is 3.29. The minimum atomic E-state index is 0.697. The zero-order valence-electron chi connectivity index (χ0n) is 10.6. The molecule has 2 aliphatic rings. The van der Waals surface area contributed by atoms with Crippen LogP contribution in [0.25, 0.3) is 0 Å². The molecule has 0 bridgehead atoms. The van der Waals surface area contributed by atoms with Gasteiger partial charge in [0.2, 0.25) is 0 Å². The van der Waals surface area contributed by atoms with Crippen LogP contribution in [0, 0.1) is 0 Å². The zero-order valence-corrected chi connectivity index (χ0v) is 10.6. The van der Waals surface area contributed by atoms with Gasteiger partial charge in [-0.15, -0.1) is 0 Å². The maximum absolute atomic E-state index is 4.90. The van der Waals surface area contributed by atoms with Crippen molar-refractivity contribution >= 4 is 0 Å². The van der Waals surface area contributed by atoms with Crippen molar-refractivity contribution in [3.05, 3.63) is 28.6 Å². The second kappa shape index (κ2) is 4.54. The van der Waals surface area contributed by atoms with Crippen molar-refractivity contribution < 1.29 is 0 Å². The summed E-state index contributed by atoms with van der Waals surface area (Å²) in [5.74, 6) is 1.39. The van der Waals surface area contributed by atoms with Crippen LogP contribution in [0.3, 0.4) is 0 Å². The lowest BCUT2D eigenvalue weighted by atomic mass is 10.1. The predicted molar refractivity (Wildman–Crippen MR) is 67.8 cm³/mol. The van der Waals surface area contributed by atoms with Gasteiger partial charge in [0, 0.05) is 11.4 Å². The topological polar surface area (TPSA) is 38.9 Å². The quantitative estimate of drug-likeness (QED) is 0.727. The third kappa shape index (κ3) is 1.75. The van der Waals surface area contributed by atoms with Crippen LogP contribution in [0.2, 0.25) is 0 Å². The lowest BCUT2D eigenvalue weighted by molar-refractivity contribution is 0.702. The maximum Gasteiger partial charge on any atom is 0.0467 e. The Hall–Kier alpha value is -0.890. The summed E-state index contributed by atoms with van der Waals surface area (Å²) in [5, 5.41) is 0. The number of nitrogens with zero attached hydrogens (tertiary/aromatic N) is 1. The number of pyridine rings is 1. The summed E-state index contributed by atoms with van der Waals surface area (Å²) < 4.78 is 0. The highest BCUT2D eigenvalue weighted by molar-refractivity contribution is 5.39. The van der Waals surface area contributed by atoms with Gasteiger partial charge in [-0.05, 0) is 55.7 Å². The Morgan fingerprint density at radius 1 is 1.00 bits per heavy atom. The zero-order chi connectivity index (χ0) is 11.7. The van der Waals surface area contributed by atoms with E-state index in [1.54, 1.807) is 0 Å². The van der Waals surface area contributed by atoms with Gasteiger partial charge in [-0.2, -0.15) is 0 Å². The van der Waals surface area contributed by atoms with E-state index in [2.05, 4.69) is 25.6 Å². The predicted octanol–water partition coefficient (Wildman–Crippen LogP) is 2.76. The first-order chi connectivity index (χ1) is 7.75. The smallest absolute Gasteiger partial charge is 0.0467 e. The highest BCUT2D eigenvalue weighted by Crippen LogP contribution is 2.38. The molecule has 0 radical (unpaired) electrons. The first kappa shape index (κ1) is 11.6. The summed E-state index contributed by atoms with van der Waals surface area (Å²) in [6, 6.07) is 2.44. The van der Waals surface area contributed by atoms with Crippen LogP contribution >= 0.6 is 0 Å². The fourth-order valence-electron chi connectivity index (χ4n) is 2.90. The van der Waals surface area contributed by atoms with E-state index in [1.165, 1.54) is 55.2 Å². The molecule has 1 heterocycles. The molecule has 2 aliphatic carbocycles. The van der Waals surface area contributed by atoms with Gasteiger partial charge >= 0.3 is 0 Å². The second-order valence-electron chi connectivity index (χ2n) is 4.96. The van der Waals surface area contributed by atoms with E-state index in [-0.39, 0.29) is 0 Å². The molecule has 1 aromatic heterocycles. The van der Waals surface area contributed by atoms with Crippen LogP contribution in [-0.2, 0) is 12.8 Å².